The van der Waals surface area contributed by atoms with Gasteiger partial charge in [0.1, 0.15) is 0 Å². The highest BCUT2D eigenvalue weighted by molar-refractivity contribution is 5.85. The molecule has 0 atom stereocenters. The molecule has 0 aliphatic rings. The van der Waals surface area contributed by atoms with Gasteiger partial charge in [-0.25, -0.2) is 4.98 Å². The summed E-state index contributed by atoms with van der Waals surface area (Å²) in [5, 5.41) is 0.966. The van der Waals surface area contributed by atoms with Crippen LogP contribution in [0, 0.1) is 0 Å². The molecule has 3 nitrogen and oxygen atoms in total. The highest BCUT2D eigenvalue weighted by atomic mass is 16.5. The minimum absolute atomic E-state index is 0.593. The van der Waals surface area contributed by atoms with Crippen LogP contribution in [0.5, 0.6) is 5.88 Å². The number of hydrogen-bond acceptors (Lipinski definition) is 3. The van der Waals surface area contributed by atoms with Gasteiger partial charge in [-0.1, -0.05) is 43.3 Å². The van der Waals surface area contributed by atoms with E-state index in [1.807, 2.05) is 43.3 Å². The Bertz CT molecular complexity index is 754. The van der Waals surface area contributed by atoms with Crippen molar-refractivity contribution in [1.82, 2.24) is 9.97 Å². The summed E-state index contributed by atoms with van der Waals surface area (Å²) in [6.45, 7) is 4.70. The lowest BCUT2D eigenvalue weighted by Gasteiger charge is -2.10. The summed E-state index contributed by atoms with van der Waals surface area (Å²) in [5.74, 6) is 1.36. The molecule has 106 valence electrons. The molecule has 0 aliphatic heterocycles. The molecule has 0 amide bonds. The zero-order chi connectivity index (χ0) is 14.7. The third kappa shape index (κ3) is 2.72. The van der Waals surface area contributed by atoms with E-state index in [2.05, 4.69) is 24.0 Å². The topological polar surface area (TPSA) is 35.0 Å². The predicted octanol–water partition coefficient (Wildman–Crippen LogP) is 4.26. The lowest BCUT2D eigenvalue weighted by atomic mass is 10.1. The van der Waals surface area contributed by atoms with Crippen LogP contribution in [0.4, 0.5) is 0 Å². The molecule has 2 aromatic carbocycles. The Morgan fingerprint density at radius 3 is 2.48 bits per heavy atom. The van der Waals surface area contributed by atoms with E-state index >= 15 is 0 Å². The van der Waals surface area contributed by atoms with Crippen LogP contribution in [0.1, 0.15) is 19.4 Å². The molecule has 0 bridgehead atoms. The van der Waals surface area contributed by atoms with Crippen molar-refractivity contribution < 1.29 is 4.74 Å². The number of aryl methyl sites for hydroxylation is 1. The maximum atomic E-state index is 5.70. The largest absolute Gasteiger partial charge is 0.477 e. The summed E-state index contributed by atoms with van der Waals surface area (Å²) < 4.78 is 5.70. The van der Waals surface area contributed by atoms with Crippen LogP contribution in [-0.2, 0) is 6.42 Å². The van der Waals surface area contributed by atoms with Gasteiger partial charge in [0.05, 0.1) is 17.5 Å². The van der Waals surface area contributed by atoms with Gasteiger partial charge in [0.25, 0.3) is 0 Å². The quantitative estimate of drug-likeness (QED) is 0.715. The molecular formula is C18H18N2O. The van der Waals surface area contributed by atoms with Gasteiger partial charge in [0.2, 0.25) is 5.88 Å². The summed E-state index contributed by atoms with van der Waals surface area (Å²) in [4.78, 5) is 9.29. The fourth-order valence-electron chi connectivity index (χ4n) is 2.33. The summed E-state index contributed by atoms with van der Waals surface area (Å²) in [5.41, 5.74) is 3.21. The van der Waals surface area contributed by atoms with Crippen molar-refractivity contribution in [2.75, 3.05) is 6.61 Å². The molecule has 0 aliphatic carbocycles. The van der Waals surface area contributed by atoms with Gasteiger partial charge in [-0.15, -0.1) is 0 Å². The number of benzene rings is 2. The Hall–Kier alpha value is -2.42. The zero-order valence-electron chi connectivity index (χ0n) is 12.3. The van der Waals surface area contributed by atoms with Crippen molar-refractivity contribution >= 4 is 10.9 Å². The fraction of sp³-hybridized carbons (Fsp3) is 0.222. The van der Waals surface area contributed by atoms with E-state index in [4.69, 9.17) is 9.72 Å². The Morgan fingerprint density at radius 1 is 0.952 bits per heavy atom. The number of aromatic nitrogens is 2. The van der Waals surface area contributed by atoms with Gasteiger partial charge in [-0.05, 0) is 31.0 Å². The summed E-state index contributed by atoms with van der Waals surface area (Å²) in [6, 6.07) is 16.3. The lowest BCUT2D eigenvalue weighted by Crippen LogP contribution is -1.99. The summed E-state index contributed by atoms with van der Waals surface area (Å²) >= 11 is 0. The maximum Gasteiger partial charge on any atom is 0.225 e. The van der Waals surface area contributed by atoms with E-state index in [1.165, 1.54) is 5.56 Å². The number of nitrogens with zero attached hydrogens (tertiary/aromatic N) is 2. The van der Waals surface area contributed by atoms with E-state index < -0.39 is 0 Å². The Balaban J connectivity index is 2.22. The monoisotopic (exact) mass is 278 g/mol. The second-order valence-corrected chi connectivity index (χ2v) is 4.86. The molecule has 0 N–H and O–H groups in total. The molecule has 0 saturated carbocycles. The van der Waals surface area contributed by atoms with Crippen LogP contribution in [0.2, 0.25) is 0 Å². The summed E-state index contributed by atoms with van der Waals surface area (Å²) in [6.07, 6.45) is 0.991. The highest BCUT2D eigenvalue weighted by Crippen LogP contribution is 2.27. The molecule has 0 unspecified atom stereocenters. The third-order valence-corrected chi connectivity index (χ3v) is 3.45. The second-order valence-electron chi connectivity index (χ2n) is 4.86. The molecule has 21 heavy (non-hydrogen) atoms. The number of rotatable bonds is 4. The van der Waals surface area contributed by atoms with E-state index in [9.17, 15) is 0 Å². The average molecular weight is 278 g/mol. The van der Waals surface area contributed by atoms with Crippen LogP contribution >= 0.6 is 0 Å². The first-order valence-corrected chi connectivity index (χ1v) is 7.30. The molecule has 0 spiro atoms. The molecule has 3 heteroatoms. The van der Waals surface area contributed by atoms with Crippen molar-refractivity contribution in [2.24, 2.45) is 0 Å². The first kappa shape index (κ1) is 13.6. The van der Waals surface area contributed by atoms with E-state index in [0.29, 0.717) is 18.3 Å². The highest BCUT2D eigenvalue weighted by Gasteiger charge is 2.10. The van der Waals surface area contributed by atoms with E-state index in [1.54, 1.807) is 0 Å². The van der Waals surface area contributed by atoms with E-state index in [-0.39, 0.29) is 0 Å². The van der Waals surface area contributed by atoms with Gasteiger partial charge >= 0.3 is 0 Å². The molecule has 3 rings (SSSR count). The Labute approximate surface area is 124 Å². The van der Waals surface area contributed by atoms with Gasteiger partial charge in [0, 0.05) is 5.56 Å². The van der Waals surface area contributed by atoms with Gasteiger partial charge in [0.15, 0.2) is 5.82 Å². The molecule has 0 radical (unpaired) electrons. The normalized spacial score (nSPS) is 10.8. The minimum atomic E-state index is 0.593. The molecule has 0 fully saturated rings. The standard InChI is InChI=1S/C18H18N2O/c1-3-13-10-11-15-16(12-13)19-17(20-18(15)21-4-2)14-8-6-5-7-9-14/h5-12H,3-4H2,1-2H3. The average Bonchev–Trinajstić information content (AvgIpc) is 2.55. The summed E-state index contributed by atoms with van der Waals surface area (Å²) in [7, 11) is 0. The van der Waals surface area contributed by atoms with Crippen molar-refractivity contribution in [3.05, 3.63) is 54.1 Å². The fourth-order valence-corrected chi connectivity index (χ4v) is 2.33. The number of hydrogen-bond donors (Lipinski definition) is 0. The van der Waals surface area contributed by atoms with Crippen LogP contribution < -0.4 is 4.74 Å². The predicted molar refractivity (Wildman–Crippen MR) is 85.5 cm³/mol. The second kappa shape index (κ2) is 5.92. The molecule has 3 aromatic rings. The number of ether oxygens (including phenoxy) is 1. The van der Waals surface area contributed by atoms with Crippen LogP contribution in [0.15, 0.2) is 48.5 Å². The third-order valence-electron chi connectivity index (χ3n) is 3.45. The van der Waals surface area contributed by atoms with Crippen molar-refractivity contribution in [1.29, 1.82) is 0 Å². The molecule has 1 heterocycles. The van der Waals surface area contributed by atoms with Crippen molar-refractivity contribution in [3.8, 4) is 17.3 Å². The Morgan fingerprint density at radius 2 is 1.76 bits per heavy atom. The maximum absolute atomic E-state index is 5.70. The van der Waals surface area contributed by atoms with Gasteiger partial charge in [-0.3, -0.25) is 0 Å². The first-order valence-electron chi connectivity index (χ1n) is 7.30. The first-order chi connectivity index (χ1) is 10.3. The van der Waals surface area contributed by atoms with Crippen molar-refractivity contribution in [2.45, 2.75) is 20.3 Å². The SMILES string of the molecule is CCOc1nc(-c2ccccc2)nc2cc(CC)ccc12. The van der Waals surface area contributed by atoms with Crippen LogP contribution in [0.3, 0.4) is 0 Å². The Kier molecular flexibility index (Phi) is 3.82. The zero-order valence-corrected chi connectivity index (χ0v) is 12.3. The van der Waals surface area contributed by atoms with E-state index in [0.717, 1.165) is 22.9 Å². The van der Waals surface area contributed by atoms with Gasteiger partial charge < -0.3 is 4.74 Å². The molecular weight excluding hydrogens is 260 g/mol. The lowest BCUT2D eigenvalue weighted by molar-refractivity contribution is 0.331. The minimum Gasteiger partial charge on any atom is -0.477 e. The smallest absolute Gasteiger partial charge is 0.225 e. The van der Waals surface area contributed by atoms with Crippen LogP contribution in [0.25, 0.3) is 22.3 Å². The molecule has 1 aromatic heterocycles. The number of fused-ring (bicyclic) bond motifs is 1. The van der Waals surface area contributed by atoms with Gasteiger partial charge in [-0.2, -0.15) is 4.98 Å². The van der Waals surface area contributed by atoms with Crippen LogP contribution in [-0.4, -0.2) is 16.6 Å². The van der Waals surface area contributed by atoms with Crippen molar-refractivity contribution in [3.63, 3.8) is 0 Å². The molecule has 0 saturated heterocycles.